The molecule has 1 aromatic carbocycles. The van der Waals surface area contributed by atoms with Crippen molar-refractivity contribution in [3.63, 3.8) is 0 Å². The minimum Gasteiger partial charge on any atom is -0.439 e. The second-order valence-electron chi connectivity index (χ2n) is 5.68. The first-order valence-corrected chi connectivity index (χ1v) is 7.41. The number of alkyl halides is 3. The van der Waals surface area contributed by atoms with Crippen LogP contribution in [0.1, 0.15) is 12.0 Å². The summed E-state index contributed by atoms with van der Waals surface area (Å²) in [6.45, 7) is 1.69. The Morgan fingerprint density at radius 2 is 2.04 bits per heavy atom. The monoisotopic (exact) mass is 341 g/mol. The number of aromatic nitrogens is 2. The number of rotatable bonds is 3. The summed E-state index contributed by atoms with van der Waals surface area (Å²) in [5.41, 5.74) is 0.487. The van der Waals surface area contributed by atoms with Crippen molar-refractivity contribution < 1.29 is 22.3 Å². The van der Waals surface area contributed by atoms with Gasteiger partial charge in [0.2, 0.25) is 11.8 Å². The van der Waals surface area contributed by atoms with Crippen LogP contribution in [0.2, 0.25) is 0 Å². The molecule has 128 valence electrons. The van der Waals surface area contributed by atoms with Gasteiger partial charge in [-0.15, -0.1) is 0 Å². The molecule has 1 saturated heterocycles. The van der Waals surface area contributed by atoms with Gasteiger partial charge in [0.05, 0.1) is 5.92 Å². The van der Waals surface area contributed by atoms with Crippen LogP contribution < -0.4 is 9.64 Å². The quantitative estimate of drug-likeness (QED) is 0.788. The Kier molecular flexibility index (Phi) is 4.29. The average molecular weight is 341 g/mol. The molecule has 3 rings (SSSR count). The van der Waals surface area contributed by atoms with E-state index in [-0.39, 0.29) is 37.1 Å². The molecule has 4 nitrogen and oxygen atoms in total. The van der Waals surface area contributed by atoms with Crippen molar-refractivity contribution in [3.8, 4) is 11.6 Å². The van der Waals surface area contributed by atoms with E-state index in [0.29, 0.717) is 5.56 Å². The molecule has 0 amide bonds. The molecule has 1 aromatic heterocycles. The first-order valence-electron chi connectivity index (χ1n) is 7.41. The zero-order chi connectivity index (χ0) is 17.3. The van der Waals surface area contributed by atoms with E-state index in [1.807, 2.05) is 0 Å². The minimum absolute atomic E-state index is 0.0150. The van der Waals surface area contributed by atoms with Crippen LogP contribution in [-0.4, -0.2) is 29.2 Å². The summed E-state index contributed by atoms with van der Waals surface area (Å²) < 4.78 is 57.3. The van der Waals surface area contributed by atoms with Crippen LogP contribution in [0.25, 0.3) is 0 Å². The number of hydrogen-bond acceptors (Lipinski definition) is 4. The van der Waals surface area contributed by atoms with Crippen LogP contribution in [0.5, 0.6) is 11.6 Å². The summed E-state index contributed by atoms with van der Waals surface area (Å²) >= 11 is 0. The molecule has 1 atom stereocenters. The highest BCUT2D eigenvalue weighted by molar-refractivity contribution is 5.36. The molecule has 8 heteroatoms. The predicted octanol–water partition coefficient (Wildman–Crippen LogP) is 4.11. The van der Waals surface area contributed by atoms with Crippen LogP contribution in [0.3, 0.4) is 0 Å². The van der Waals surface area contributed by atoms with Gasteiger partial charge in [0.15, 0.2) is 0 Å². The fourth-order valence-corrected chi connectivity index (χ4v) is 2.51. The molecule has 2 heterocycles. The molecular weight excluding hydrogens is 326 g/mol. The van der Waals surface area contributed by atoms with Gasteiger partial charge in [-0.05, 0) is 25.0 Å². The highest BCUT2D eigenvalue weighted by Gasteiger charge is 2.44. The SMILES string of the molecule is Cc1ccc(Oc2ccnc(N3CCC(C(F)(F)F)C3)n2)cc1F. The first kappa shape index (κ1) is 16.5. The molecule has 0 bridgehead atoms. The number of anilines is 1. The molecular formula is C16H15F4N3O. The molecule has 24 heavy (non-hydrogen) atoms. The Bertz CT molecular complexity index is 736. The van der Waals surface area contributed by atoms with Crippen LogP contribution in [-0.2, 0) is 0 Å². The standard InChI is InChI=1S/C16H15F4N3O/c1-10-2-3-12(8-13(10)17)24-14-4-6-21-15(22-14)23-7-5-11(9-23)16(18,19)20/h2-4,6,8,11H,5,7,9H2,1H3. The minimum atomic E-state index is -4.22. The van der Waals surface area contributed by atoms with Crippen molar-refractivity contribution in [2.24, 2.45) is 5.92 Å². The Morgan fingerprint density at radius 1 is 1.25 bits per heavy atom. The van der Waals surface area contributed by atoms with Gasteiger partial charge in [0, 0.05) is 31.4 Å². The summed E-state index contributed by atoms with van der Waals surface area (Å²) in [5, 5.41) is 0. The number of halogens is 4. The molecule has 0 radical (unpaired) electrons. The molecule has 0 saturated carbocycles. The number of nitrogens with zero attached hydrogens (tertiary/aromatic N) is 3. The molecule has 1 fully saturated rings. The zero-order valence-corrected chi connectivity index (χ0v) is 12.8. The van der Waals surface area contributed by atoms with Crippen LogP contribution in [0, 0.1) is 18.7 Å². The third kappa shape index (κ3) is 3.58. The maximum absolute atomic E-state index is 13.5. The van der Waals surface area contributed by atoms with Crippen LogP contribution >= 0.6 is 0 Å². The highest BCUT2D eigenvalue weighted by Crippen LogP contribution is 2.35. The van der Waals surface area contributed by atoms with E-state index in [1.54, 1.807) is 19.1 Å². The fraction of sp³-hybridized carbons (Fsp3) is 0.375. The van der Waals surface area contributed by atoms with E-state index in [0.717, 1.165) is 0 Å². The van der Waals surface area contributed by atoms with E-state index in [4.69, 9.17) is 4.74 Å². The van der Waals surface area contributed by atoms with Gasteiger partial charge >= 0.3 is 6.18 Å². The van der Waals surface area contributed by atoms with Gasteiger partial charge in [-0.2, -0.15) is 18.2 Å². The van der Waals surface area contributed by atoms with Crippen LogP contribution in [0.15, 0.2) is 30.5 Å². The number of aryl methyl sites for hydroxylation is 1. The molecule has 0 spiro atoms. The molecule has 2 aromatic rings. The molecule has 0 aliphatic carbocycles. The van der Waals surface area contributed by atoms with Crippen molar-refractivity contribution in [2.45, 2.75) is 19.5 Å². The molecule has 1 unspecified atom stereocenters. The lowest BCUT2D eigenvalue weighted by atomic mass is 10.1. The highest BCUT2D eigenvalue weighted by atomic mass is 19.4. The van der Waals surface area contributed by atoms with Gasteiger partial charge in [0.25, 0.3) is 0 Å². The molecule has 1 aliphatic heterocycles. The maximum atomic E-state index is 13.5. The van der Waals surface area contributed by atoms with Gasteiger partial charge in [-0.25, -0.2) is 9.37 Å². The Hall–Kier alpha value is -2.38. The summed E-state index contributed by atoms with van der Waals surface area (Å²) in [7, 11) is 0. The number of ether oxygens (including phenoxy) is 1. The van der Waals surface area contributed by atoms with Crippen molar-refractivity contribution >= 4 is 5.95 Å². The summed E-state index contributed by atoms with van der Waals surface area (Å²) in [5.74, 6) is -1.20. The van der Waals surface area contributed by atoms with E-state index >= 15 is 0 Å². The predicted molar refractivity (Wildman–Crippen MR) is 79.6 cm³/mol. The maximum Gasteiger partial charge on any atom is 0.393 e. The second-order valence-corrected chi connectivity index (χ2v) is 5.68. The zero-order valence-electron chi connectivity index (χ0n) is 12.8. The Balaban J connectivity index is 1.74. The van der Waals surface area contributed by atoms with E-state index < -0.39 is 17.9 Å². The van der Waals surface area contributed by atoms with Gasteiger partial charge < -0.3 is 9.64 Å². The average Bonchev–Trinajstić information content (AvgIpc) is 3.01. The van der Waals surface area contributed by atoms with Crippen molar-refractivity contribution in [2.75, 3.05) is 18.0 Å². The number of hydrogen-bond donors (Lipinski definition) is 0. The topological polar surface area (TPSA) is 38.2 Å². The van der Waals surface area contributed by atoms with E-state index in [9.17, 15) is 17.6 Å². The Morgan fingerprint density at radius 3 is 2.71 bits per heavy atom. The first-order chi connectivity index (χ1) is 11.3. The smallest absolute Gasteiger partial charge is 0.393 e. The number of benzene rings is 1. The lowest BCUT2D eigenvalue weighted by molar-refractivity contribution is -0.168. The fourth-order valence-electron chi connectivity index (χ4n) is 2.51. The molecule has 1 aliphatic rings. The second kappa shape index (κ2) is 6.26. The van der Waals surface area contributed by atoms with Crippen molar-refractivity contribution in [1.82, 2.24) is 9.97 Å². The summed E-state index contributed by atoms with van der Waals surface area (Å²) in [6, 6.07) is 5.86. The van der Waals surface area contributed by atoms with E-state index in [2.05, 4.69) is 9.97 Å². The third-order valence-electron chi connectivity index (χ3n) is 3.92. The van der Waals surface area contributed by atoms with Gasteiger partial charge in [-0.3, -0.25) is 0 Å². The third-order valence-corrected chi connectivity index (χ3v) is 3.92. The summed E-state index contributed by atoms with van der Waals surface area (Å²) in [6.07, 6.45) is -2.80. The van der Waals surface area contributed by atoms with Gasteiger partial charge in [-0.1, -0.05) is 6.07 Å². The van der Waals surface area contributed by atoms with Crippen molar-refractivity contribution in [3.05, 3.63) is 41.8 Å². The Labute approximate surface area is 136 Å². The normalized spacial score (nSPS) is 18.0. The summed E-state index contributed by atoms with van der Waals surface area (Å²) in [4.78, 5) is 9.60. The van der Waals surface area contributed by atoms with Gasteiger partial charge in [0.1, 0.15) is 11.6 Å². The molecule has 0 N–H and O–H groups in total. The lowest BCUT2D eigenvalue weighted by Gasteiger charge is -2.18. The van der Waals surface area contributed by atoms with Crippen molar-refractivity contribution in [1.29, 1.82) is 0 Å². The lowest BCUT2D eigenvalue weighted by Crippen LogP contribution is -2.28. The largest absolute Gasteiger partial charge is 0.439 e. The van der Waals surface area contributed by atoms with E-state index in [1.165, 1.54) is 23.2 Å². The van der Waals surface area contributed by atoms with Crippen LogP contribution in [0.4, 0.5) is 23.5 Å².